The summed E-state index contributed by atoms with van der Waals surface area (Å²) >= 11 is 1.59. The second-order valence-electron chi connectivity index (χ2n) is 6.45. The number of oxazole rings is 1. The quantitative estimate of drug-likeness (QED) is 0.353. The van der Waals surface area contributed by atoms with Crippen LogP contribution in [0.15, 0.2) is 57.8 Å². The van der Waals surface area contributed by atoms with Crippen LogP contribution in [0.3, 0.4) is 0 Å². The summed E-state index contributed by atoms with van der Waals surface area (Å²) in [6.45, 7) is 4.57. The highest BCUT2D eigenvalue weighted by molar-refractivity contribution is 7.98. The lowest BCUT2D eigenvalue weighted by molar-refractivity contribution is 0.302. The van der Waals surface area contributed by atoms with Crippen molar-refractivity contribution >= 4 is 23.0 Å². The molecular weight excluding hydrogens is 386 g/mol. The first kappa shape index (κ1) is 19.3. The van der Waals surface area contributed by atoms with E-state index in [1.807, 2.05) is 68.6 Å². The van der Waals surface area contributed by atoms with E-state index >= 15 is 0 Å². The molecule has 0 spiro atoms. The van der Waals surface area contributed by atoms with E-state index in [0.29, 0.717) is 35.4 Å². The number of para-hydroxylation sites is 1. The average Bonchev–Trinajstić information content (AvgIpc) is 3.17. The standard InChI is InChI=1S/C22H21N3O3S/c1-4-12-26-20-18-21(28-19(23-18)15-9-7-8-14(2)13-15)25-22(24-20)27-16-10-5-6-11-17(16)29-3/h5-11,13H,4,12H2,1-3H3. The average molecular weight is 407 g/mol. The second-order valence-corrected chi connectivity index (χ2v) is 7.30. The SMILES string of the molecule is CCCOc1nc(Oc2ccccc2SC)nc2oc(-c3cccc(C)c3)nc12. The summed E-state index contributed by atoms with van der Waals surface area (Å²) in [5.74, 6) is 1.51. The maximum Gasteiger partial charge on any atom is 0.328 e. The topological polar surface area (TPSA) is 70.3 Å². The first-order valence-electron chi connectivity index (χ1n) is 9.37. The number of nitrogens with zero attached hydrogens (tertiary/aromatic N) is 3. The zero-order valence-corrected chi connectivity index (χ0v) is 17.3. The summed E-state index contributed by atoms with van der Waals surface area (Å²) in [5.41, 5.74) is 2.82. The molecule has 2 aromatic heterocycles. The molecule has 0 aliphatic heterocycles. The van der Waals surface area contributed by atoms with Crippen LogP contribution in [-0.4, -0.2) is 27.8 Å². The van der Waals surface area contributed by atoms with Crippen molar-refractivity contribution in [3.05, 3.63) is 54.1 Å². The van der Waals surface area contributed by atoms with Gasteiger partial charge in [-0.2, -0.15) is 9.97 Å². The van der Waals surface area contributed by atoms with Crippen molar-refractivity contribution in [1.29, 1.82) is 0 Å². The molecule has 0 N–H and O–H groups in total. The number of hydrogen-bond donors (Lipinski definition) is 0. The normalized spacial score (nSPS) is 11.0. The molecule has 0 saturated carbocycles. The maximum atomic E-state index is 5.95. The summed E-state index contributed by atoms with van der Waals surface area (Å²) in [4.78, 5) is 14.5. The van der Waals surface area contributed by atoms with Gasteiger partial charge >= 0.3 is 6.01 Å². The van der Waals surface area contributed by atoms with E-state index in [4.69, 9.17) is 13.9 Å². The fourth-order valence-electron chi connectivity index (χ4n) is 2.83. The van der Waals surface area contributed by atoms with Crippen LogP contribution in [0, 0.1) is 6.92 Å². The van der Waals surface area contributed by atoms with Crippen molar-refractivity contribution < 1.29 is 13.9 Å². The van der Waals surface area contributed by atoms with Gasteiger partial charge in [-0.25, -0.2) is 4.98 Å². The minimum Gasteiger partial charge on any atom is -0.476 e. The van der Waals surface area contributed by atoms with Gasteiger partial charge in [0.05, 0.1) is 6.61 Å². The Labute approximate surface area is 173 Å². The predicted octanol–water partition coefficient (Wildman–Crippen LogP) is 5.90. The first-order valence-corrected chi connectivity index (χ1v) is 10.6. The number of aromatic nitrogens is 3. The van der Waals surface area contributed by atoms with Crippen LogP contribution in [0.1, 0.15) is 18.9 Å². The van der Waals surface area contributed by atoms with E-state index in [1.165, 1.54) is 0 Å². The van der Waals surface area contributed by atoms with Gasteiger partial charge in [0.1, 0.15) is 5.75 Å². The summed E-state index contributed by atoms with van der Waals surface area (Å²) in [6, 6.07) is 15.8. The Balaban J connectivity index is 1.78. The Bertz CT molecular complexity index is 1140. The van der Waals surface area contributed by atoms with E-state index in [0.717, 1.165) is 22.4 Å². The Morgan fingerprint density at radius 1 is 1.03 bits per heavy atom. The molecule has 148 valence electrons. The lowest BCUT2D eigenvalue weighted by Crippen LogP contribution is -2.01. The number of fused-ring (bicyclic) bond motifs is 1. The molecule has 0 bridgehead atoms. The molecule has 0 aliphatic rings. The van der Waals surface area contributed by atoms with Crippen LogP contribution in [-0.2, 0) is 0 Å². The van der Waals surface area contributed by atoms with Crippen LogP contribution in [0.2, 0.25) is 0 Å². The number of hydrogen-bond acceptors (Lipinski definition) is 7. The van der Waals surface area contributed by atoms with Gasteiger partial charge in [-0.05, 0) is 43.9 Å². The summed E-state index contributed by atoms with van der Waals surface area (Å²) in [5, 5.41) is 0. The van der Waals surface area contributed by atoms with Crippen LogP contribution < -0.4 is 9.47 Å². The molecule has 6 nitrogen and oxygen atoms in total. The third-order valence-electron chi connectivity index (χ3n) is 4.18. The molecule has 2 heterocycles. The van der Waals surface area contributed by atoms with Crippen LogP contribution in [0.4, 0.5) is 0 Å². The Morgan fingerprint density at radius 3 is 2.69 bits per heavy atom. The molecule has 7 heteroatoms. The van der Waals surface area contributed by atoms with E-state index < -0.39 is 0 Å². The zero-order valence-electron chi connectivity index (χ0n) is 16.5. The van der Waals surface area contributed by atoms with Gasteiger partial charge in [0.15, 0.2) is 5.52 Å². The van der Waals surface area contributed by atoms with Gasteiger partial charge in [-0.15, -0.1) is 11.8 Å². The molecule has 0 aliphatic carbocycles. The zero-order chi connectivity index (χ0) is 20.2. The molecule has 2 aromatic carbocycles. The summed E-state index contributed by atoms with van der Waals surface area (Å²) in [6.07, 6.45) is 2.84. The molecule has 0 unspecified atom stereocenters. The van der Waals surface area contributed by atoms with Gasteiger partial charge in [0, 0.05) is 10.5 Å². The van der Waals surface area contributed by atoms with Gasteiger partial charge in [-0.3, -0.25) is 0 Å². The highest BCUT2D eigenvalue weighted by Gasteiger charge is 2.19. The molecule has 0 saturated heterocycles. The highest BCUT2D eigenvalue weighted by Crippen LogP contribution is 2.34. The van der Waals surface area contributed by atoms with Gasteiger partial charge in [0.25, 0.3) is 11.6 Å². The Morgan fingerprint density at radius 2 is 1.90 bits per heavy atom. The van der Waals surface area contributed by atoms with Crippen molar-refractivity contribution in [2.75, 3.05) is 12.9 Å². The molecule has 0 amide bonds. The molecule has 0 atom stereocenters. The lowest BCUT2D eigenvalue weighted by Gasteiger charge is -2.09. The molecular formula is C22H21N3O3S. The first-order chi connectivity index (χ1) is 14.2. The fourth-order valence-corrected chi connectivity index (χ4v) is 3.35. The summed E-state index contributed by atoms with van der Waals surface area (Å²) < 4.78 is 17.7. The van der Waals surface area contributed by atoms with E-state index in [1.54, 1.807) is 11.8 Å². The van der Waals surface area contributed by atoms with Crippen LogP contribution in [0.25, 0.3) is 22.7 Å². The lowest BCUT2D eigenvalue weighted by atomic mass is 10.1. The third-order valence-corrected chi connectivity index (χ3v) is 4.96. The molecule has 4 aromatic rings. The Hall–Kier alpha value is -3.06. The summed E-state index contributed by atoms with van der Waals surface area (Å²) in [7, 11) is 0. The largest absolute Gasteiger partial charge is 0.476 e. The van der Waals surface area contributed by atoms with Gasteiger partial charge < -0.3 is 13.9 Å². The minimum atomic E-state index is 0.164. The predicted molar refractivity (Wildman–Crippen MR) is 114 cm³/mol. The molecule has 0 fully saturated rings. The number of rotatable bonds is 7. The van der Waals surface area contributed by atoms with Gasteiger partial charge in [-0.1, -0.05) is 36.8 Å². The van der Waals surface area contributed by atoms with Gasteiger partial charge in [0.2, 0.25) is 5.89 Å². The highest BCUT2D eigenvalue weighted by atomic mass is 32.2. The number of thioether (sulfide) groups is 1. The van der Waals surface area contributed by atoms with E-state index in [-0.39, 0.29) is 6.01 Å². The van der Waals surface area contributed by atoms with Crippen LogP contribution >= 0.6 is 11.8 Å². The molecule has 4 rings (SSSR count). The third kappa shape index (κ3) is 4.19. The molecule has 29 heavy (non-hydrogen) atoms. The van der Waals surface area contributed by atoms with E-state index in [9.17, 15) is 0 Å². The smallest absolute Gasteiger partial charge is 0.328 e. The fraction of sp³-hybridized carbons (Fsp3) is 0.227. The van der Waals surface area contributed by atoms with Crippen molar-refractivity contribution in [2.45, 2.75) is 25.2 Å². The maximum absolute atomic E-state index is 5.95. The van der Waals surface area contributed by atoms with Crippen LogP contribution in [0.5, 0.6) is 17.6 Å². The number of ether oxygens (including phenoxy) is 2. The monoisotopic (exact) mass is 407 g/mol. The number of aryl methyl sites for hydroxylation is 1. The van der Waals surface area contributed by atoms with Crippen molar-refractivity contribution in [3.8, 4) is 29.1 Å². The van der Waals surface area contributed by atoms with Crippen molar-refractivity contribution in [3.63, 3.8) is 0 Å². The number of benzene rings is 2. The molecule has 0 radical (unpaired) electrons. The minimum absolute atomic E-state index is 0.164. The van der Waals surface area contributed by atoms with Crippen molar-refractivity contribution in [1.82, 2.24) is 15.0 Å². The Kier molecular flexibility index (Phi) is 5.67. The van der Waals surface area contributed by atoms with E-state index in [2.05, 4.69) is 15.0 Å². The second kappa shape index (κ2) is 8.53. The van der Waals surface area contributed by atoms with Crippen molar-refractivity contribution in [2.24, 2.45) is 0 Å².